The van der Waals surface area contributed by atoms with Gasteiger partial charge in [-0.2, -0.15) is 0 Å². The monoisotopic (exact) mass is 276 g/mol. The van der Waals surface area contributed by atoms with Crippen LogP contribution in [-0.2, 0) is 4.79 Å². The molecule has 0 bridgehead atoms. The van der Waals surface area contributed by atoms with Gasteiger partial charge in [0.05, 0.1) is 0 Å². The van der Waals surface area contributed by atoms with Crippen molar-refractivity contribution in [2.24, 2.45) is 11.7 Å². The summed E-state index contributed by atoms with van der Waals surface area (Å²) in [6.45, 7) is 6.51. The van der Waals surface area contributed by atoms with Crippen molar-refractivity contribution < 1.29 is 4.79 Å². The molecule has 0 aromatic heterocycles. The zero-order valence-electron chi connectivity index (χ0n) is 12.9. The van der Waals surface area contributed by atoms with Gasteiger partial charge in [-0.3, -0.25) is 4.79 Å². The predicted octanol–water partition coefficient (Wildman–Crippen LogP) is 3.41. The van der Waals surface area contributed by atoms with Crippen molar-refractivity contribution in [1.29, 1.82) is 0 Å². The Morgan fingerprint density at radius 2 is 1.80 bits per heavy atom. The number of hydrogen-bond acceptors (Lipinski definition) is 2. The van der Waals surface area contributed by atoms with Crippen LogP contribution in [-0.4, -0.2) is 11.9 Å². The van der Waals surface area contributed by atoms with E-state index in [0.29, 0.717) is 6.42 Å². The zero-order valence-corrected chi connectivity index (χ0v) is 12.9. The highest BCUT2D eigenvalue weighted by atomic mass is 16.1. The van der Waals surface area contributed by atoms with Crippen LogP contribution in [0.25, 0.3) is 0 Å². The Kier molecular flexibility index (Phi) is 7.31. The number of carbonyl (C=O) groups is 1. The van der Waals surface area contributed by atoms with E-state index in [4.69, 9.17) is 5.73 Å². The predicted molar refractivity (Wildman–Crippen MR) is 84.3 cm³/mol. The number of nitrogens with two attached hydrogens (primary N) is 1. The first-order valence-electron chi connectivity index (χ1n) is 7.59. The summed E-state index contributed by atoms with van der Waals surface area (Å²) in [7, 11) is 0. The maximum Gasteiger partial charge on any atom is 0.222 e. The van der Waals surface area contributed by atoms with Crippen LogP contribution in [0, 0.1) is 5.92 Å². The van der Waals surface area contributed by atoms with Crippen LogP contribution in [0.15, 0.2) is 30.3 Å². The molecule has 0 saturated heterocycles. The van der Waals surface area contributed by atoms with Gasteiger partial charge in [0, 0.05) is 18.5 Å². The minimum absolute atomic E-state index is 0.0402. The van der Waals surface area contributed by atoms with Gasteiger partial charge in [-0.1, -0.05) is 57.0 Å². The van der Waals surface area contributed by atoms with Gasteiger partial charge in [0.25, 0.3) is 0 Å². The molecular formula is C17H28N2O. The van der Waals surface area contributed by atoms with Crippen molar-refractivity contribution in [3.05, 3.63) is 35.9 Å². The second kappa shape index (κ2) is 8.75. The molecule has 1 aromatic rings. The summed E-state index contributed by atoms with van der Waals surface area (Å²) < 4.78 is 0. The average Bonchev–Trinajstić information content (AvgIpc) is 2.38. The van der Waals surface area contributed by atoms with E-state index < -0.39 is 0 Å². The van der Waals surface area contributed by atoms with E-state index >= 15 is 0 Å². The average molecular weight is 276 g/mol. The van der Waals surface area contributed by atoms with Gasteiger partial charge in [0.2, 0.25) is 5.91 Å². The molecule has 0 radical (unpaired) electrons. The Morgan fingerprint density at radius 1 is 1.15 bits per heavy atom. The Labute approximate surface area is 122 Å². The number of benzene rings is 1. The minimum Gasteiger partial charge on any atom is -0.354 e. The van der Waals surface area contributed by atoms with Gasteiger partial charge in [0.1, 0.15) is 0 Å². The Morgan fingerprint density at radius 3 is 2.40 bits per heavy atom. The summed E-state index contributed by atoms with van der Waals surface area (Å²) >= 11 is 0. The third-order valence-electron chi connectivity index (χ3n) is 3.46. The van der Waals surface area contributed by atoms with Gasteiger partial charge in [-0.25, -0.2) is 0 Å². The standard InChI is InChI=1S/C17H28N2O/c1-13(2)8-7-9-14(3)19-17(20)12-16(18)15-10-5-4-6-11-15/h4-6,10-11,13-14,16H,7-9,12,18H2,1-3H3,(H,19,20). The summed E-state index contributed by atoms with van der Waals surface area (Å²) in [5, 5.41) is 3.04. The third kappa shape index (κ3) is 6.71. The van der Waals surface area contributed by atoms with E-state index in [2.05, 4.69) is 26.1 Å². The van der Waals surface area contributed by atoms with E-state index in [1.807, 2.05) is 30.3 Å². The fourth-order valence-electron chi connectivity index (χ4n) is 2.26. The van der Waals surface area contributed by atoms with Crippen LogP contribution in [0.1, 0.15) is 58.1 Å². The van der Waals surface area contributed by atoms with Crippen molar-refractivity contribution in [3.8, 4) is 0 Å². The molecule has 3 nitrogen and oxygen atoms in total. The van der Waals surface area contributed by atoms with E-state index in [1.165, 1.54) is 6.42 Å². The highest BCUT2D eigenvalue weighted by molar-refractivity contribution is 5.77. The Bertz CT molecular complexity index is 389. The summed E-state index contributed by atoms with van der Waals surface area (Å²) in [5.41, 5.74) is 7.06. The lowest BCUT2D eigenvalue weighted by Gasteiger charge is -2.17. The zero-order chi connectivity index (χ0) is 15.0. The van der Waals surface area contributed by atoms with E-state index in [-0.39, 0.29) is 18.0 Å². The number of hydrogen-bond donors (Lipinski definition) is 2. The molecule has 0 saturated carbocycles. The quantitative estimate of drug-likeness (QED) is 0.764. The van der Waals surface area contributed by atoms with E-state index in [1.54, 1.807) is 0 Å². The van der Waals surface area contributed by atoms with Crippen LogP contribution < -0.4 is 11.1 Å². The first-order chi connectivity index (χ1) is 9.49. The second-order valence-corrected chi connectivity index (χ2v) is 6.01. The molecule has 0 aliphatic heterocycles. The lowest BCUT2D eigenvalue weighted by molar-refractivity contribution is -0.122. The van der Waals surface area contributed by atoms with Crippen LogP contribution >= 0.6 is 0 Å². The maximum absolute atomic E-state index is 11.9. The second-order valence-electron chi connectivity index (χ2n) is 6.01. The van der Waals surface area contributed by atoms with Crippen molar-refractivity contribution >= 4 is 5.91 Å². The number of carbonyl (C=O) groups excluding carboxylic acids is 1. The normalized spacial score (nSPS) is 14.1. The van der Waals surface area contributed by atoms with Crippen molar-refractivity contribution in [1.82, 2.24) is 5.32 Å². The van der Waals surface area contributed by atoms with E-state index in [9.17, 15) is 4.79 Å². The molecule has 0 aliphatic carbocycles. The summed E-state index contributed by atoms with van der Waals surface area (Å²) in [4.78, 5) is 11.9. The molecule has 2 unspecified atom stereocenters. The first-order valence-corrected chi connectivity index (χ1v) is 7.59. The molecule has 112 valence electrons. The fourth-order valence-corrected chi connectivity index (χ4v) is 2.26. The summed E-state index contributed by atoms with van der Waals surface area (Å²) in [6, 6.07) is 9.77. The Hall–Kier alpha value is -1.35. The summed E-state index contributed by atoms with van der Waals surface area (Å²) in [5.74, 6) is 0.766. The minimum atomic E-state index is -0.223. The van der Waals surface area contributed by atoms with Crippen molar-refractivity contribution in [2.75, 3.05) is 0 Å². The lowest BCUT2D eigenvalue weighted by Crippen LogP contribution is -2.34. The number of nitrogens with one attached hydrogen (secondary N) is 1. The van der Waals surface area contributed by atoms with Gasteiger partial charge in [0.15, 0.2) is 0 Å². The lowest BCUT2D eigenvalue weighted by atomic mass is 10.0. The summed E-state index contributed by atoms with van der Waals surface area (Å²) in [6.07, 6.45) is 3.75. The van der Waals surface area contributed by atoms with Gasteiger partial charge >= 0.3 is 0 Å². The molecule has 0 heterocycles. The highest BCUT2D eigenvalue weighted by Gasteiger charge is 2.13. The molecule has 2 atom stereocenters. The third-order valence-corrected chi connectivity index (χ3v) is 3.46. The van der Waals surface area contributed by atoms with Gasteiger partial charge in [-0.15, -0.1) is 0 Å². The van der Waals surface area contributed by atoms with Crippen molar-refractivity contribution in [3.63, 3.8) is 0 Å². The van der Waals surface area contributed by atoms with E-state index in [0.717, 1.165) is 24.3 Å². The van der Waals surface area contributed by atoms with Gasteiger partial charge in [-0.05, 0) is 24.8 Å². The van der Waals surface area contributed by atoms with Crippen molar-refractivity contribution in [2.45, 2.75) is 58.5 Å². The molecule has 0 spiro atoms. The first kappa shape index (κ1) is 16.7. The number of rotatable bonds is 8. The molecule has 1 rings (SSSR count). The van der Waals surface area contributed by atoms with Crippen LogP contribution in [0.4, 0.5) is 0 Å². The van der Waals surface area contributed by atoms with Crippen LogP contribution in [0.2, 0.25) is 0 Å². The molecular weight excluding hydrogens is 248 g/mol. The molecule has 1 amide bonds. The van der Waals surface area contributed by atoms with Crippen LogP contribution in [0.3, 0.4) is 0 Å². The molecule has 1 aromatic carbocycles. The highest BCUT2D eigenvalue weighted by Crippen LogP contribution is 2.13. The largest absolute Gasteiger partial charge is 0.354 e. The van der Waals surface area contributed by atoms with Crippen LogP contribution in [0.5, 0.6) is 0 Å². The maximum atomic E-state index is 11.9. The molecule has 0 aliphatic rings. The Balaban J connectivity index is 2.29. The molecule has 3 heteroatoms. The fraction of sp³-hybridized carbons (Fsp3) is 0.588. The smallest absolute Gasteiger partial charge is 0.222 e. The molecule has 3 N–H and O–H groups in total. The topological polar surface area (TPSA) is 55.1 Å². The molecule has 20 heavy (non-hydrogen) atoms. The SMILES string of the molecule is CC(C)CCCC(C)NC(=O)CC(N)c1ccccc1. The number of amides is 1. The molecule has 0 fully saturated rings. The van der Waals surface area contributed by atoms with Gasteiger partial charge < -0.3 is 11.1 Å².